The zero-order valence-corrected chi connectivity index (χ0v) is 11.5. The smallest absolute Gasteiger partial charge is 0.209 e. The van der Waals surface area contributed by atoms with Crippen LogP contribution in [0.3, 0.4) is 0 Å². The fourth-order valence-electron chi connectivity index (χ4n) is 0.697. The fraction of sp³-hybridized carbons (Fsp3) is 0.727. The number of allylic oxidation sites excluding steroid dienone is 1. The topological polar surface area (TPSA) is 35.3 Å². The van der Waals surface area contributed by atoms with Gasteiger partial charge in [0.2, 0.25) is 6.21 Å². The van der Waals surface area contributed by atoms with Gasteiger partial charge in [0, 0.05) is 11.3 Å². The molecule has 0 unspecified atom stereocenters. The van der Waals surface area contributed by atoms with Crippen LogP contribution in [0.2, 0.25) is 18.1 Å². The SMILES string of the molecule is C=CCC/C=[N+](\[O-])O[Si](C)(C)C(C)(C)C. The normalized spacial score (nSPS) is 13.8. The second kappa shape index (κ2) is 5.35. The van der Waals surface area contributed by atoms with Crippen molar-refractivity contribution in [2.45, 2.75) is 51.7 Å². The number of nitrogens with zero attached hydrogens (tertiary/aromatic N) is 1. The standard InChI is InChI=1S/C11H23NO2Si/c1-7-8-9-10-12(13)14-15(5,6)11(2,3)4/h7,10H,1,8-9H2,2-6H3/b12-10+. The van der Waals surface area contributed by atoms with Gasteiger partial charge in [0.25, 0.3) is 0 Å². The van der Waals surface area contributed by atoms with Gasteiger partial charge in [-0.25, -0.2) is 0 Å². The molecule has 4 heteroatoms. The summed E-state index contributed by atoms with van der Waals surface area (Å²) in [6.07, 6.45) is 4.81. The maximum atomic E-state index is 11.4. The van der Waals surface area contributed by atoms with Crippen molar-refractivity contribution in [2.24, 2.45) is 0 Å². The number of hydrogen-bond donors (Lipinski definition) is 0. The molecule has 0 radical (unpaired) electrons. The van der Waals surface area contributed by atoms with Gasteiger partial charge in [0.1, 0.15) is 0 Å². The Morgan fingerprint density at radius 1 is 1.33 bits per heavy atom. The summed E-state index contributed by atoms with van der Waals surface area (Å²) < 4.78 is 5.48. The Labute approximate surface area is 94.1 Å². The van der Waals surface area contributed by atoms with E-state index in [4.69, 9.17) is 4.53 Å². The first kappa shape index (κ1) is 14.2. The van der Waals surface area contributed by atoms with Gasteiger partial charge in [-0.15, -0.1) is 6.58 Å². The summed E-state index contributed by atoms with van der Waals surface area (Å²) in [5.41, 5.74) is 0. The minimum absolute atomic E-state index is 0.0575. The Hall–Kier alpha value is -0.773. The number of rotatable bonds is 5. The minimum atomic E-state index is -1.97. The van der Waals surface area contributed by atoms with Crippen LogP contribution in [0.25, 0.3) is 0 Å². The van der Waals surface area contributed by atoms with Crippen LogP contribution in [0.1, 0.15) is 33.6 Å². The van der Waals surface area contributed by atoms with Crippen molar-refractivity contribution in [1.82, 2.24) is 0 Å². The van der Waals surface area contributed by atoms with Crippen molar-refractivity contribution in [2.75, 3.05) is 0 Å². The molecule has 3 nitrogen and oxygen atoms in total. The molecule has 0 aliphatic carbocycles. The number of hydrogen-bond acceptors (Lipinski definition) is 2. The molecule has 0 rings (SSSR count). The van der Waals surface area contributed by atoms with Crippen LogP contribution >= 0.6 is 0 Å². The number of unbranched alkanes of at least 4 members (excludes halogenated alkanes) is 1. The van der Waals surface area contributed by atoms with Crippen LogP contribution in [-0.2, 0) is 4.53 Å². The van der Waals surface area contributed by atoms with Gasteiger partial charge >= 0.3 is 0 Å². The van der Waals surface area contributed by atoms with Crippen molar-refractivity contribution in [3.8, 4) is 0 Å². The second-order valence-corrected chi connectivity index (χ2v) is 9.89. The van der Waals surface area contributed by atoms with Crippen LogP contribution in [0.4, 0.5) is 0 Å². The lowest BCUT2D eigenvalue weighted by Gasteiger charge is -2.37. The largest absolute Gasteiger partial charge is 0.443 e. The zero-order valence-electron chi connectivity index (χ0n) is 10.5. The van der Waals surface area contributed by atoms with E-state index in [1.807, 2.05) is 0 Å². The van der Waals surface area contributed by atoms with Crippen molar-refractivity contribution < 1.29 is 9.43 Å². The molecule has 0 saturated heterocycles. The van der Waals surface area contributed by atoms with E-state index in [2.05, 4.69) is 40.4 Å². The highest BCUT2D eigenvalue weighted by atomic mass is 28.4. The molecule has 0 aromatic rings. The molecule has 0 heterocycles. The highest BCUT2D eigenvalue weighted by molar-refractivity contribution is 6.73. The maximum Gasteiger partial charge on any atom is 0.209 e. The Bertz CT molecular complexity index is 241. The summed E-state index contributed by atoms with van der Waals surface area (Å²) in [6.45, 7) is 14.0. The molecule has 0 aromatic heterocycles. The molecule has 88 valence electrons. The lowest BCUT2D eigenvalue weighted by Crippen LogP contribution is -2.43. The lowest BCUT2D eigenvalue weighted by atomic mass is 10.2. The highest BCUT2D eigenvalue weighted by Crippen LogP contribution is 2.36. The van der Waals surface area contributed by atoms with E-state index < -0.39 is 8.32 Å². The monoisotopic (exact) mass is 229 g/mol. The molecule has 0 aliphatic heterocycles. The average molecular weight is 229 g/mol. The van der Waals surface area contributed by atoms with Gasteiger partial charge in [-0.2, -0.15) is 0 Å². The van der Waals surface area contributed by atoms with Crippen LogP contribution in [0.5, 0.6) is 0 Å². The molecule has 0 fully saturated rings. The van der Waals surface area contributed by atoms with Gasteiger partial charge in [0.05, 0.1) is 0 Å². The third-order valence-electron chi connectivity index (χ3n) is 2.77. The Morgan fingerprint density at radius 3 is 2.27 bits per heavy atom. The summed E-state index contributed by atoms with van der Waals surface area (Å²) in [7, 11) is -1.97. The molecule has 0 N–H and O–H groups in total. The Balaban J connectivity index is 4.33. The predicted molar refractivity (Wildman–Crippen MR) is 67.4 cm³/mol. The van der Waals surface area contributed by atoms with Crippen LogP contribution in [0, 0.1) is 5.21 Å². The van der Waals surface area contributed by atoms with Crippen molar-refractivity contribution in [1.29, 1.82) is 0 Å². The van der Waals surface area contributed by atoms with Gasteiger partial charge in [0.15, 0.2) is 8.32 Å². The summed E-state index contributed by atoms with van der Waals surface area (Å²) in [4.78, 5) is 0.626. The summed E-state index contributed by atoms with van der Waals surface area (Å²) in [5.74, 6) is 0. The summed E-state index contributed by atoms with van der Waals surface area (Å²) in [5, 5.41) is 11.5. The van der Waals surface area contributed by atoms with Crippen LogP contribution in [-0.4, -0.2) is 19.4 Å². The highest BCUT2D eigenvalue weighted by Gasteiger charge is 2.36. The van der Waals surface area contributed by atoms with Crippen LogP contribution in [0.15, 0.2) is 12.7 Å². The molecule has 0 atom stereocenters. The first-order valence-electron chi connectivity index (χ1n) is 5.30. The first-order valence-corrected chi connectivity index (χ1v) is 8.21. The minimum Gasteiger partial charge on any atom is -0.443 e. The van der Waals surface area contributed by atoms with E-state index in [1.165, 1.54) is 6.21 Å². The molecule has 0 bridgehead atoms. The second-order valence-electron chi connectivity index (χ2n) is 5.19. The van der Waals surface area contributed by atoms with E-state index in [9.17, 15) is 5.21 Å². The molecule has 0 spiro atoms. The quantitative estimate of drug-likeness (QED) is 0.181. The zero-order chi connectivity index (χ0) is 12.1. The predicted octanol–water partition coefficient (Wildman–Crippen LogP) is 3.47. The Morgan fingerprint density at radius 2 is 1.87 bits per heavy atom. The van der Waals surface area contributed by atoms with Gasteiger partial charge in [-0.1, -0.05) is 39.9 Å². The fourth-order valence-corrected chi connectivity index (χ4v) is 1.50. The van der Waals surface area contributed by atoms with Gasteiger partial charge in [-0.3, -0.25) is 5.21 Å². The first-order chi connectivity index (χ1) is 6.70. The van der Waals surface area contributed by atoms with E-state index in [0.29, 0.717) is 11.3 Å². The molecule has 0 saturated carbocycles. The van der Waals surface area contributed by atoms with E-state index in [1.54, 1.807) is 6.08 Å². The lowest BCUT2D eigenvalue weighted by molar-refractivity contribution is -0.702. The van der Waals surface area contributed by atoms with Gasteiger partial charge < -0.3 is 4.53 Å². The molecule has 0 aromatic carbocycles. The molecule has 0 amide bonds. The van der Waals surface area contributed by atoms with Crippen molar-refractivity contribution in [3.63, 3.8) is 0 Å². The molecular weight excluding hydrogens is 206 g/mol. The summed E-state index contributed by atoms with van der Waals surface area (Å²) in [6, 6.07) is 0. The van der Waals surface area contributed by atoms with E-state index >= 15 is 0 Å². The van der Waals surface area contributed by atoms with E-state index in [-0.39, 0.29) is 5.04 Å². The molecular formula is C11H23NO2Si. The molecule has 0 aliphatic rings. The maximum absolute atomic E-state index is 11.4. The van der Waals surface area contributed by atoms with Crippen molar-refractivity contribution in [3.05, 3.63) is 17.9 Å². The third-order valence-corrected chi connectivity index (χ3v) is 7.02. The van der Waals surface area contributed by atoms with Crippen LogP contribution < -0.4 is 0 Å². The Kier molecular flexibility index (Phi) is 5.07. The van der Waals surface area contributed by atoms with Crippen molar-refractivity contribution >= 4 is 14.5 Å². The third kappa shape index (κ3) is 5.02. The van der Waals surface area contributed by atoms with Gasteiger partial charge in [-0.05, 0) is 11.5 Å². The van der Waals surface area contributed by atoms with E-state index in [0.717, 1.165) is 6.42 Å². The average Bonchev–Trinajstić information content (AvgIpc) is 2.01. The molecule has 15 heavy (non-hydrogen) atoms. The summed E-state index contributed by atoms with van der Waals surface area (Å²) >= 11 is 0.